The first-order valence-electron chi connectivity index (χ1n) is 9.56. The number of ether oxygens (including phenoxy) is 1. The minimum Gasteiger partial charge on any atom is -0.381 e. The van der Waals surface area contributed by atoms with Gasteiger partial charge in [0.1, 0.15) is 28.0 Å². The van der Waals surface area contributed by atoms with E-state index in [0.717, 1.165) is 5.56 Å². The molecular formula is C21H19N5O4. The van der Waals surface area contributed by atoms with Crippen molar-refractivity contribution in [3.05, 3.63) is 45.4 Å². The van der Waals surface area contributed by atoms with E-state index in [9.17, 15) is 14.7 Å². The number of nitrogens with two attached hydrogens (primary N) is 1. The fraction of sp³-hybridized carbons (Fsp3) is 0.286. The Bertz CT molecular complexity index is 1460. The first-order valence-corrected chi connectivity index (χ1v) is 9.56. The number of carbonyl (C=O) groups is 1. The molecule has 4 aromatic rings. The number of benzene rings is 1. The summed E-state index contributed by atoms with van der Waals surface area (Å²) in [7, 11) is 0. The Kier molecular flexibility index (Phi) is 3.96. The molecular weight excluding hydrogens is 386 g/mol. The van der Waals surface area contributed by atoms with E-state index < -0.39 is 11.5 Å². The highest BCUT2D eigenvalue weighted by Crippen LogP contribution is 2.28. The van der Waals surface area contributed by atoms with Gasteiger partial charge < -0.3 is 25.5 Å². The van der Waals surface area contributed by atoms with E-state index in [4.69, 9.17) is 10.5 Å². The third-order valence-corrected chi connectivity index (χ3v) is 5.51. The summed E-state index contributed by atoms with van der Waals surface area (Å²) in [6.45, 7) is 2.79. The highest BCUT2D eigenvalue weighted by Gasteiger charge is 2.27. The fourth-order valence-electron chi connectivity index (χ4n) is 3.93. The van der Waals surface area contributed by atoms with Crippen molar-refractivity contribution in [2.24, 2.45) is 5.73 Å². The van der Waals surface area contributed by atoms with Gasteiger partial charge in [0.2, 0.25) is 5.43 Å². The van der Waals surface area contributed by atoms with Crippen LogP contribution in [0, 0.1) is 18.8 Å². The van der Waals surface area contributed by atoms with Crippen LogP contribution < -0.4 is 11.2 Å². The number of aryl methyl sites for hydroxylation is 1. The molecule has 1 aliphatic rings. The number of imidazole rings is 1. The smallest absolute Gasteiger partial charge is 0.254 e. The number of aromatic amines is 2. The molecule has 3 aromatic heterocycles. The minimum absolute atomic E-state index is 0.193. The lowest BCUT2D eigenvalue weighted by atomic mass is 9.95. The zero-order valence-electron chi connectivity index (χ0n) is 16.2. The molecule has 1 saturated heterocycles. The molecule has 5 N–H and O–H groups in total. The number of hydrogen-bond acceptors (Lipinski definition) is 5. The van der Waals surface area contributed by atoms with Gasteiger partial charge in [-0.2, -0.15) is 0 Å². The summed E-state index contributed by atoms with van der Waals surface area (Å²) in [6.07, 6.45) is 2.49. The van der Waals surface area contributed by atoms with Crippen molar-refractivity contribution in [2.75, 3.05) is 13.2 Å². The predicted octanol–water partition coefficient (Wildman–Crippen LogP) is 0.957. The number of H-pyrrole nitrogens is 2. The van der Waals surface area contributed by atoms with Gasteiger partial charge in [0.15, 0.2) is 5.65 Å². The average molecular weight is 405 g/mol. The van der Waals surface area contributed by atoms with Crippen LogP contribution >= 0.6 is 0 Å². The second kappa shape index (κ2) is 6.45. The van der Waals surface area contributed by atoms with E-state index >= 15 is 0 Å². The molecule has 0 unspecified atom stereocenters. The van der Waals surface area contributed by atoms with Crippen LogP contribution in [0.1, 0.15) is 34.5 Å². The maximum atomic E-state index is 12.3. The van der Waals surface area contributed by atoms with E-state index in [1.807, 2.05) is 6.92 Å². The number of nitrogens with zero attached hydrogens (tertiary/aromatic N) is 2. The van der Waals surface area contributed by atoms with Crippen molar-refractivity contribution in [3.63, 3.8) is 0 Å². The Morgan fingerprint density at radius 3 is 2.87 bits per heavy atom. The first-order chi connectivity index (χ1) is 14.4. The number of hydrogen-bond donors (Lipinski definition) is 4. The maximum Gasteiger partial charge on any atom is 0.254 e. The lowest BCUT2D eigenvalue weighted by Gasteiger charge is -2.26. The van der Waals surface area contributed by atoms with Crippen molar-refractivity contribution in [2.45, 2.75) is 25.4 Å². The molecule has 0 aliphatic carbocycles. The van der Waals surface area contributed by atoms with Gasteiger partial charge in [-0.15, -0.1) is 0 Å². The van der Waals surface area contributed by atoms with Crippen LogP contribution in [0.25, 0.3) is 27.8 Å². The SMILES string of the molecule is Cc1ccc(=O)c2nc3c(C(N)=O)c4[nH]cc(C#CC5(O)CCOCC5)[nH]c4n3c12. The van der Waals surface area contributed by atoms with Gasteiger partial charge in [-0.3, -0.25) is 14.0 Å². The van der Waals surface area contributed by atoms with Crippen molar-refractivity contribution in [1.82, 2.24) is 19.4 Å². The number of aromatic nitrogens is 4. The van der Waals surface area contributed by atoms with Gasteiger partial charge in [0, 0.05) is 19.0 Å². The van der Waals surface area contributed by atoms with Crippen LogP contribution in [0.3, 0.4) is 0 Å². The molecule has 0 bridgehead atoms. The van der Waals surface area contributed by atoms with E-state index in [1.54, 1.807) is 16.7 Å². The monoisotopic (exact) mass is 405 g/mol. The predicted molar refractivity (Wildman–Crippen MR) is 110 cm³/mol. The number of fused-ring (bicyclic) bond motifs is 5. The normalized spacial score (nSPS) is 16.1. The van der Waals surface area contributed by atoms with Crippen LogP contribution in [-0.4, -0.2) is 49.2 Å². The number of carbonyl (C=O) groups excluding carboxylic acids is 1. The Morgan fingerprint density at radius 1 is 1.37 bits per heavy atom. The third kappa shape index (κ3) is 2.69. The van der Waals surface area contributed by atoms with Crippen molar-refractivity contribution in [1.29, 1.82) is 0 Å². The number of amides is 1. The lowest BCUT2D eigenvalue weighted by Crippen LogP contribution is -2.34. The fourth-order valence-corrected chi connectivity index (χ4v) is 3.93. The molecule has 5 rings (SSSR count). The quantitative estimate of drug-likeness (QED) is 0.349. The van der Waals surface area contributed by atoms with E-state index in [-0.39, 0.29) is 16.5 Å². The molecule has 152 valence electrons. The molecule has 0 spiro atoms. The summed E-state index contributed by atoms with van der Waals surface area (Å²) in [5, 5.41) is 10.6. The second-order valence-electron chi connectivity index (χ2n) is 7.53. The second-order valence-corrected chi connectivity index (χ2v) is 7.53. The van der Waals surface area contributed by atoms with Gasteiger partial charge in [-0.05, 0) is 24.5 Å². The summed E-state index contributed by atoms with van der Waals surface area (Å²) >= 11 is 0. The Morgan fingerprint density at radius 2 is 2.13 bits per heavy atom. The largest absolute Gasteiger partial charge is 0.381 e. The van der Waals surface area contributed by atoms with Gasteiger partial charge in [0.25, 0.3) is 5.91 Å². The summed E-state index contributed by atoms with van der Waals surface area (Å²) in [5.41, 5.74) is 7.99. The standard InChI is InChI=1S/C21H19N5O4/c1-11-2-3-13(27)15-17(11)26-19(25-15)14(18(22)28)16-20(26)24-12(10-23-16)4-5-21(29)6-8-30-9-7-21/h2-3,10,23-24,29H,6-9H2,1H3,(H2,22,28). The molecule has 0 radical (unpaired) electrons. The van der Waals surface area contributed by atoms with E-state index in [2.05, 4.69) is 26.8 Å². The molecule has 9 heteroatoms. The zero-order chi connectivity index (χ0) is 21.0. The van der Waals surface area contributed by atoms with Gasteiger partial charge in [-0.25, -0.2) is 4.98 Å². The van der Waals surface area contributed by atoms with Crippen LogP contribution in [0.5, 0.6) is 0 Å². The van der Waals surface area contributed by atoms with Gasteiger partial charge in [-0.1, -0.05) is 12.0 Å². The summed E-state index contributed by atoms with van der Waals surface area (Å²) in [6, 6.07) is 3.17. The van der Waals surface area contributed by atoms with Crippen molar-refractivity contribution in [3.8, 4) is 11.8 Å². The highest BCUT2D eigenvalue weighted by atomic mass is 16.5. The topological polar surface area (TPSA) is 138 Å². The molecule has 1 amide bonds. The van der Waals surface area contributed by atoms with Crippen LogP contribution in [0.2, 0.25) is 0 Å². The van der Waals surface area contributed by atoms with Crippen molar-refractivity contribution >= 4 is 33.8 Å². The molecule has 1 fully saturated rings. The number of nitrogens with one attached hydrogen (secondary N) is 2. The average Bonchev–Trinajstić information content (AvgIpc) is 3.25. The molecule has 4 heterocycles. The zero-order valence-corrected chi connectivity index (χ0v) is 16.2. The van der Waals surface area contributed by atoms with Crippen LogP contribution in [-0.2, 0) is 4.74 Å². The molecule has 0 atom stereocenters. The van der Waals surface area contributed by atoms with Crippen molar-refractivity contribution < 1.29 is 14.6 Å². The molecule has 9 nitrogen and oxygen atoms in total. The maximum absolute atomic E-state index is 12.3. The van der Waals surface area contributed by atoms with Crippen LogP contribution in [0.15, 0.2) is 23.1 Å². The molecule has 1 aliphatic heterocycles. The Hall–Kier alpha value is -3.61. The summed E-state index contributed by atoms with van der Waals surface area (Å²) < 4.78 is 6.99. The van der Waals surface area contributed by atoms with Crippen LogP contribution in [0.4, 0.5) is 0 Å². The van der Waals surface area contributed by atoms with Gasteiger partial charge >= 0.3 is 0 Å². The minimum atomic E-state index is -1.10. The third-order valence-electron chi connectivity index (χ3n) is 5.51. The highest BCUT2D eigenvalue weighted by molar-refractivity contribution is 6.12. The number of rotatable bonds is 1. The first kappa shape index (κ1) is 18.4. The number of primary amides is 1. The lowest BCUT2D eigenvalue weighted by molar-refractivity contribution is -0.0262. The Labute approximate surface area is 169 Å². The Balaban J connectivity index is 1.79. The number of aliphatic hydroxyl groups is 1. The summed E-state index contributed by atoms with van der Waals surface area (Å²) in [4.78, 5) is 35.2. The van der Waals surface area contributed by atoms with E-state index in [1.165, 1.54) is 6.07 Å². The molecule has 30 heavy (non-hydrogen) atoms. The molecule has 1 aromatic carbocycles. The summed E-state index contributed by atoms with van der Waals surface area (Å²) in [5.74, 6) is 5.22. The van der Waals surface area contributed by atoms with Gasteiger partial charge in [0.05, 0.1) is 24.2 Å². The molecule has 0 saturated carbocycles. The van der Waals surface area contributed by atoms with E-state index in [0.29, 0.717) is 54.1 Å².